The zero-order chi connectivity index (χ0) is 17.6. The van der Waals surface area contributed by atoms with Gasteiger partial charge in [0.05, 0.1) is 25.4 Å². The summed E-state index contributed by atoms with van der Waals surface area (Å²) in [6, 6.07) is 0.231. The van der Waals surface area contributed by atoms with E-state index in [9.17, 15) is 9.90 Å². The molecule has 1 aliphatic heterocycles. The highest BCUT2D eigenvalue weighted by Crippen LogP contribution is 2.27. The maximum absolute atomic E-state index is 12.5. The van der Waals surface area contributed by atoms with E-state index in [4.69, 9.17) is 4.74 Å². The molecule has 24 heavy (non-hydrogen) atoms. The van der Waals surface area contributed by atoms with Crippen molar-refractivity contribution in [1.29, 1.82) is 0 Å². The Morgan fingerprint density at radius 2 is 1.79 bits per heavy atom. The third-order valence-electron chi connectivity index (χ3n) is 5.61. The fourth-order valence-corrected chi connectivity index (χ4v) is 3.78. The predicted molar refractivity (Wildman–Crippen MR) is 95.1 cm³/mol. The van der Waals surface area contributed by atoms with E-state index in [2.05, 4.69) is 17.1 Å². The summed E-state index contributed by atoms with van der Waals surface area (Å²) in [7, 11) is 1.78. The molecule has 6 heteroatoms. The number of nitrogens with zero attached hydrogens (tertiary/aromatic N) is 2. The molecule has 0 bridgehead atoms. The summed E-state index contributed by atoms with van der Waals surface area (Å²) in [5.41, 5.74) is -0.721. The second-order valence-corrected chi connectivity index (χ2v) is 7.62. The molecule has 2 aliphatic rings. The lowest BCUT2D eigenvalue weighted by Crippen LogP contribution is -2.55. The fourth-order valence-electron chi connectivity index (χ4n) is 3.78. The van der Waals surface area contributed by atoms with Gasteiger partial charge in [-0.1, -0.05) is 25.7 Å². The molecule has 0 aromatic carbocycles. The van der Waals surface area contributed by atoms with Crippen molar-refractivity contribution < 1.29 is 14.6 Å². The second-order valence-electron chi connectivity index (χ2n) is 7.62. The molecule has 0 spiro atoms. The number of aliphatic hydroxyl groups is 1. The average molecular weight is 341 g/mol. The van der Waals surface area contributed by atoms with Crippen LogP contribution in [0.15, 0.2) is 0 Å². The van der Waals surface area contributed by atoms with Crippen molar-refractivity contribution in [3.63, 3.8) is 0 Å². The van der Waals surface area contributed by atoms with E-state index in [0.29, 0.717) is 6.54 Å². The van der Waals surface area contributed by atoms with Crippen molar-refractivity contribution in [1.82, 2.24) is 15.1 Å². The Hall–Kier alpha value is -0.850. The van der Waals surface area contributed by atoms with Gasteiger partial charge in [0.25, 0.3) is 0 Å². The Bertz CT molecular complexity index is 391. The first kappa shape index (κ1) is 19.5. The topological polar surface area (TPSA) is 65.0 Å². The minimum atomic E-state index is -0.721. The van der Waals surface area contributed by atoms with Crippen LogP contribution in [0.5, 0.6) is 0 Å². The molecule has 0 unspecified atom stereocenters. The van der Waals surface area contributed by atoms with E-state index >= 15 is 0 Å². The molecule has 2 atom stereocenters. The van der Waals surface area contributed by atoms with Gasteiger partial charge in [-0.05, 0) is 26.7 Å². The zero-order valence-corrected chi connectivity index (χ0v) is 15.6. The van der Waals surface area contributed by atoms with Crippen molar-refractivity contribution in [2.24, 2.45) is 0 Å². The van der Waals surface area contributed by atoms with Crippen LogP contribution in [0.25, 0.3) is 0 Å². The molecule has 2 fully saturated rings. The lowest BCUT2D eigenvalue weighted by atomic mass is 9.94. The molecule has 1 heterocycles. The van der Waals surface area contributed by atoms with Crippen LogP contribution < -0.4 is 5.32 Å². The van der Waals surface area contributed by atoms with Gasteiger partial charge in [0.2, 0.25) is 0 Å². The van der Waals surface area contributed by atoms with Crippen molar-refractivity contribution in [3.8, 4) is 0 Å². The summed E-state index contributed by atoms with van der Waals surface area (Å²) in [5.74, 6) is 0. The molecular weight excluding hydrogens is 306 g/mol. The summed E-state index contributed by atoms with van der Waals surface area (Å²) in [5, 5.41) is 13.9. The molecule has 0 radical (unpaired) electrons. The Labute approximate surface area is 146 Å². The third-order valence-corrected chi connectivity index (χ3v) is 5.61. The van der Waals surface area contributed by atoms with E-state index in [1.807, 2.05) is 6.92 Å². The van der Waals surface area contributed by atoms with Gasteiger partial charge >= 0.3 is 6.03 Å². The number of nitrogens with one attached hydrogen (secondary N) is 1. The highest BCUT2D eigenvalue weighted by molar-refractivity contribution is 5.74. The van der Waals surface area contributed by atoms with E-state index in [0.717, 1.165) is 52.0 Å². The number of carbonyl (C=O) groups is 1. The molecule has 140 valence electrons. The van der Waals surface area contributed by atoms with Gasteiger partial charge in [0, 0.05) is 32.2 Å². The van der Waals surface area contributed by atoms with Crippen LogP contribution in [-0.4, -0.2) is 78.5 Å². The number of carbonyl (C=O) groups excluding carboxylic acids is 1. The van der Waals surface area contributed by atoms with Crippen LogP contribution >= 0.6 is 0 Å². The molecule has 2 N–H and O–H groups in total. The quantitative estimate of drug-likeness (QED) is 0.749. The molecule has 6 nitrogen and oxygen atoms in total. The highest BCUT2D eigenvalue weighted by Gasteiger charge is 2.31. The highest BCUT2D eigenvalue weighted by atomic mass is 16.5. The number of urea groups is 1. The number of amides is 2. The van der Waals surface area contributed by atoms with E-state index in [-0.39, 0.29) is 18.1 Å². The number of rotatable bonds is 5. The van der Waals surface area contributed by atoms with Crippen LogP contribution in [-0.2, 0) is 4.74 Å². The van der Waals surface area contributed by atoms with Gasteiger partial charge in [-0.15, -0.1) is 0 Å². The van der Waals surface area contributed by atoms with Crippen LogP contribution in [0.1, 0.15) is 52.4 Å². The summed E-state index contributed by atoms with van der Waals surface area (Å²) < 4.78 is 5.39. The number of ether oxygens (including phenoxy) is 1. The fraction of sp³-hybridized carbons (Fsp3) is 0.944. The Balaban J connectivity index is 1.81. The van der Waals surface area contributed by atoms with Crippen LogP contribution in [0.3, 0.4) is 0 Å². The molecule has 0 aromatic rings. The lowest BCUT2D eigenvalue weighted by molar-refractivity contribution is 0.00246. The first-order chi connectivity index (χ1) is 11.4. The number of hydrogen-bond acceptors (Lipinski definition) is 4. The molecule has 0 aromatic heterocycles. The third kappa shape index (κ3) is 5.60. The van der Waals surface area contributed by atoms with E-state index in [1.165, 1.54) is 12.8 Å². The molecule has 2 amide bonds. The Morgan fingerprint density at radius 3 is 2.38 bits per heavy atom. The first-order valence-electron chi connectivity index (χ1n) is 9.47. The molecule has 1 saturated carbocycles. The number of hydrogen-bond donors (Lipinski definition) is 2. The summed E-state index contributed by atoms with van der Waals surface area (Å²) in [6.45, 7) is 7.96. The standard InChI is InChI=1S/C18H35N3O3/c1-15(16(2)21-10-12-24-13-11-21)19-17(22)20(3)14-18(23)8-6-4-5-7-9-18/h15-16,23H,4-14H2,1-3H3,(H,19,22)/t15-,16+/m0/s1. The monoisotopic (exact) mass is 341 g/mol. The SMILES string of the molecule is C[C@H](NC(=O)N(C)CC1(O)CCCCCC1)[C@@H](C)N1CCOCC1. The Morgan fingerprint density at radius 1 is 1.21 bits per heavy atom. The molecule has 1 saturated heterocycles. The van der Waals surface area contributed by atoms with Gasteiger partial charge in [-0.2, -0.15) is 0 Å². The minimum absolute atomic E-state index is 0.0572. The van der Waals surface area contributed by atoms with Gasteiger partial charge < -0.3 is 20.1 Å². The smallest absolute Gasteiger partial charge is 0.317 e. The van der Waals surface area contributed by atoms with Crippen LogP contribution in [0, 0.1) is 0 Å². The van der Waals surface area contributed by atoms with Crippen LogP contribution in [0.4, 0.5) is 4.79 Å². The van der Waals surface area contributed by atoms with Gasteiger partial charge in [-0.25, -0.2) is 4.79 Å². The maximum atomic E-state index is 12.5. The number of likely N-dealkylation sites (N-methyl/N-ethyl adjacent to an activating group) is 1. The average Bonchev–Trinajstić information content (AvgIpc) is 2.79. The minimum Gasteiger partial charge on any atom is -0.388 e. The van der Waals surface area contributed by atoms with Crippen molar-refractivity contribution in [2.75, 3.05) is 39.9 Å². The summed E-state index contributed by atoms with van der Waals surface area (Å²) >= 11 is 0. The van der Waals surface area contributed by atoms with Gasteiger partial charge in [0.1, 0.15) is 0 Å². The van der Waals surface area contributed by atoms with Crippen molar-refractivity contribution in [2.45, 2.75) is 70.1 Å². The van der Waals surface area contributed by atoms with Crippen molar-refractivity contribution >= 4 is 6.03 Å². The second kappa shape index (κ2) is 9.02. The predicted octanol–water partition coefficient (Wildman–Crippen LogP) is 1.82. The molecular formula is C18H35N3O3. The van der Waals surface area contributed by atoms with Crippen molar-refractivity contribution in [3.05, 3.63) is 0 Å². The molecule has 2 rings (SSSR count). The maximum Gasteiger partial charge on any atom is 0.317 e. The first-order valence-corrected chi connectivity index (χ1v) is 9.47. The normalized spacial score (nSPS) is 24.7. The van der Waals surface area contributed by atoms with E-state index in [1.54, 1.807) is 11.9 Å². The van der Waals surface area contributed by atoms with Crippen LogP contribution in [0.2, 0.25) is 0 Å². The number of morpholine rings is 1. The zero-order valence-electron chi connectivity index (χ0n) is 15.6. The van der Waals surface area contributed by atoms with E-state index < -0.39 is 5.60 Å². The Kier molecular flexibility index (Phi) is 7.32. The molecule has 1 aliphatic carbocycles. The van der Waals surface area contributed by atoms with Gasteiger partial charge in [0.15, 0.2) is 0 Å². The summed E-state index contributed by atoms with van der Waals surface area (Å²) in [6.07, 6.45) is 6.07. The lowest BCUT2D eigenvalue weighted by Gasteiger charge is -2.37. The largest absolute Gasteiger partial charge is 0.388 e. The summed E-state index contributed by atoms with van der Waals surface area (Å²) in [4.78, 5) is 16.5. The van der Waals surface area contributed by atoms with Gasteiger partial charge in [-0.3, -0.25) is 4.90 Å².